The molecule has 0 fully saturated rings. The monoisotopic (exact) mass is 238 g/mol. The molecule has 0 saturated heterocycles. The number of carbonyl (C=O) groups is 1. The molecule has 1 rings (SSSR count). The highest BCUT2D eigenvalue weighted by atomic mass is 32.2. The van der Waals surface area contributed by atoms with Crippen LogP contribution in [0.2, 0.25) is 0 Å². The molecule has 0 aliphatic carbocycles. The van der Waals surface area contributed by atoms with Gasteiger partial charge in [0.1, 0.15) is 0 Å². The number of unbranched alkanes of at least 4 members (excludes halogenated alkanes) is 1. The number of rotatable bonds is 7. The summed E-state index contributed by atoms with van der Waals surface area (Å²) < 4.78 is 0. The predicted octanol–water partition coefficient (Wildman–Crippen LogP) is 3.81. The van der Waals surface area contributed by atoms with Gasteiger partial charge < -0.3 is 5.11 Å². The fourth-order valence-electron chi connectivity index (χ4n) is 1.52. The van der Waals surface area contributed by atoms with E-state index >= 15 is 0 Å². The number of hydrogen-bond acceptors (Lipinski definition) is 2. The molecule has 0 spiro atoms. The summed E-state index contributed by atoms with van der Waals surface area (Å²) in [7, 11) is 0. The second-order valence-electron chi connectivity index (χ2n) is 3.79. The summed E-state index contributed by atoms with van der Waals surface area (Å²) in [6, 6.07) is 10.0. The first-order valence-electron chi connectivity index (χ1n) is 5.66. The Balaban J connectivity index is 2.52. The molecule has 1 aromatic rings. The zero-order chi connectivity index (χ0) is 11.8. The molecular formula is C13H18O2S. The number of thioether (sulfide) groups is 1. The van der Waals surface area contributed by atoms with Crippen LogP contribution in [-0.4, -0.2) is 16.3 Å². The zero-order valence-electron chi connectivity index (χ0n) is 9.56. The Morgan fingerprint density at radius 1 is 1.38 bits per heavy atom. The van der Waals surface area contributed by atoms with Crippen molar-refractivity contribution in [2.75, 3.05) is 0 Å². The van der Waals surface area contributed by atoms with Crippen molar-refractivity contribution in [3.8, 4) is 0 Å². The summed E-state index contributed by atoms with van der Waals surface area (Å²) in [4.78, 5) is 11.9. The molecule has 0 aliphatic rings. The van der Waals surface area contributed by atoms with Crippen molar-refractivity contribution in [2.24, 2.45) is 0 Å². The van der Waals surface area contributed by atoms with Gasteiger partial charge in [-0.3, -0.25) is 4.79 Å². The molecule has 0 amide bonds. The molecule has 16 heavy (non-hydrogen) atoms. The number of carboxylic acid groups (broad SMARTS) is 1. The smallest absolute Gasteiger partial charge is 0.304 e. The summed E-state index contributed by atoms with van der Waals surface area (Å²) in [5, 5.41) is 9.04. The maximum atomic E-state index is 10.7. The highest BCUT2D eigenvalue weighted by Crippen LogP contribution is 2.28. The normalized spacial score (nSPS) is 12.3. The van der Waals surface area contributed by atoms with Gasteiger partial charge in [0.2, 0.25) is 0 Å². The van der Waals surface area contributed by atoms with Crippen molar-refractivity contribution < 1.29 is 9.90 Å². The standard InChI is InChI=1S/C13H18O2S/c1-2-3-7-12(10-13(14)15)16-11-8-5-4-6-9-11/h4-6,8-9,12H,2-3,7,10H2,1H3,(H,14,15). The van der Waals surface area contributed by atoms with Gasteiger partial charge in [-0.15, -0.1) is 11.8 Å². The minimum Gasteiger partial charge on any atom is -0.481 e. The summed E-state index contributed by atoms with van der Waals surface area (Å²) in [5.74, 6) is -0.704. The van der Waals surface area contributed by atoms with E-state index in [0.29, 0.717) is 0 Å². The Morgan fingerprint density at radius 2 is 2.06 bits per heavy atom. The summed E-state index contributed by atoms with van der Waals surface area (Å²) in [6.07, 6.45) is 3.44. The highest BCUT2D eigenvalue weighted by Gasteiger charge is 2.13. The van der Waals surface area contributed by atoms with Gasteiger partial charge >= 0.3 is 5.97 Å². The van der Waals surface area contributed by atoms with Gasteiger partial charge in [-0.05, 0) is 18.6 Å². The van der Waals surface area contributed by atoms with Crippen molar-refractivity contribution in [3.05, 3.63) is 30.3 Å². The van der Waals surface area contributed by atoms with Crippen LogP contribution in [0.3, 0.4) is 0 Å². The van der Waals surface area contributed by atoms with E-state index in [-0.39, 0.29) is 11.7 Å². The lowest BCUT2D eigenvalue weighted by molar-refractivity contribution is -0.137. The van der Waals surface area contributed by atoms with Gasteiger partial charge in [-0.1, -0.05) is 38.0 Å². The summed E-state index contributed by atoms with van der Waals surface area (Å²) in [6.45, 7) is 2.13. The lowest BCUT2D eigenvalue weighted by Crippen LogP contribution is -2.09. The molecule has 2 nitrogen and oxygen atoms in total. The van der Waals surface area contributed by atoms with Crippen LogP contribution >= 0.6 is 11.8 Å². The molecule has 0 bridgehead atoms. The van der Waals surface area contributed by atoms with Gasteiger partial charge in [0, 0.05) is 10.1 Å². The Morgan fingerprint density at radius 3 is 2.62 bits per heavy atom. The molecule has 0 aliphatic heterocycles. The summed E-state index contributed by atoms with van der Waals surface area (Å²) >= 11 is 1.68. The Kier molecular flexibility index (Phi) is 6.01. The Bertz CT molecular complexity index is 311. The first-order valence-corrected chi connectivity index (χ1v) is 6.54. The molecule has 3 heteroatoms. The fraction of sp³-hybridized carbons (Fsp3) is 0.462. The van der Waals surface area contributed by atoms with Crippen molar-refractivity contribution in [1.82, 2.24) is 0 Å². The van der Waals surface area contributed by atoms with Crippen molar-refractivity contribution in [1.29, 1.82) is 0 Å². The topological polar surface area (TPSA) is 37.3 Å². The molecule has 0 saturated carbocycles. The van der Waals surface area contributed by atoms with Gasteiger partial charge in [-0.2, -0.15) is 0 Å². The third-order valence-electron chi connectivity index (χ3n) is 2.33. The molecule has 0 heterocycles. The number of aliphatic carboxylic acids is 1. The zero-order valence-corrected chi connectivity index (χ0v) is 10.4. The molecular weight excluding hydrogens is 220 g/mol. The van der Waals surface area contributed by atoms with E-state index in [1.165, 1.54) is 0 Å². The van der Waals surface area contributed by atoms with Crippen molar-refractivity contribution in [2.45, 2.75) is 42.8 Å². The second kappa shape index (κ2) is 7.34. The number of hydrogen-bond donors (Lipinski definition) is 1. The number of carboxylic acids is 1. The van der Waals surface area contributed by atoms with Crippen LogP contribution in [0, 0.1) is 0 Å². The van der Waals surface area contributed by atoms with E-state index < -0.39 is 5.97 Å². The quantitative estimate of drug-likeness (QED) is 0.734. The highest BCUT2D eigenvalue weighted by molar-refractivity contribution is 8.00. The molecule has 1 atom stereocenters. The van der Waals surface area contributed by atoms with Gasteiger partial charge in [0.15, 0.2) is 0 Å². The Labute approximate surface area is 101 Å². The van der Waals surface area contributed by atoms with Crippen LogP contribution in [0.4, 0.5) is 0 Å². The minimum atomic E-state index is -0.704. The Hall–Kier alpha value is -0.960. The molecule has 1 N–H and O–H groups in total. The average molecular weight is 238 g/mol. The molecule has 0 aromatic heterocycles. The van der Waals surface area contributed by atoms with E-state index in [1.54, 1.807) is 11.8 Å². The van der Waals surface area contributed by atoms with Gasteiger partial charge in [-0.25, -0.2) is 0 Å². The average Bonchev–Trinajstić information content (AvgIpc) is 2.26. The third-order valence-corrected chi connectivity index (χ3v) is 3.61. The van der Waals surface area contributed by atoms with Gasteiger partial charge in [0.25, 0.3) is 0 Å². The molecule has 0 radical (unpaired) electrons. The predicted molar refractivity (Wildman–Crippen MR) is 67.9 cm³/mol. The van der Waals surface area contributed by atoms with Crippen LogP contribution in [0.15, 0.2) is 35.2 Å². The lowest BCUT2D eigenvalue weighted by atomic mass is 10.1. The van der Waals surface area contributed by atoms with Crippen LogP contribution in [0.25, 0.3) is 0 Å². The minimum absolute atomic E-state index is 0.194. The van der Waals surface area contributed by atoms with Crippen LogP contribution in [-0.2, 0) is 4.79 Å². The first-order chi connectivity index (χ1) is 7.72. The van der Waals surface area contributed by atoms with Crippen LogP contribution < -0.4 is 0 Å². The molecule has 1 aromatic carbocycles. The molecule has 1 unspecified atom stereocenters. The van der Waals surface area contributed by atoms with Crippen molar-refractivity contribution >= 4 is 17.7 Å². The van der Waals surface area contributed by atoms with E-state index in [4.69, 9.17) is 5.11 Å². The maximum Gasteiger partial charge on any atom is 0.304 e. The summed E-state index contributed by atoms with van der Waals surface area (Å²) in [5.41, 5.74) is 0. The second-order valence-corrected chi connectivity index (χ2v) is 5.17. The SMILES string of the molecule is CCCCC(CC(=O)O)Sc1ccccc1. The molecule has 88 valence electrons. The van der Waals surface area contributed by atoms with E-state index in [1.807, 2.05) is 30.3 Å². The van der Waals surface area contributed by atoms with Gasteiger partial charge in [0.05, 0.1) is 6.42 Å². The largest absolute Gasteiger partial charge is 0.481 e. The van der Waals surface area contributed by atoms with Crippen molar-refractivity contribution in [3.63, 3.8) is 0 Å². The fourth-order valence-corrected chi connectivity index (χ4v) is 2.73. The van der Waals surface area contributed by atoms with Crippen LogP contribution in [0.1, 0.15) is 32.6 Å². The first kappa shape index (κ1) is 13.1. The van der Waals surface area contributed by atoms with E-state index in [0.717, 1.165) is 24.2 Å². The maximum absolute atomic E-state index is 10.7. The van der Waals surface area contributed by atoms with Crippen LogP contribution in [0.5, 0.6) is 0 Å². The van der Waals surface area contributed by atoms with E-state index in [9.17, 15) is 4.79 Å². The lowest BCUT2D eigenvalue weighted by Gasteiger charge is -2.13. The van der Waals surface area contributed by atoms with E-state index in [2.05, 4.69) is 6.92 Å². The number of benzene rings is 1. The third kappa shape index (κ3) is 5.21.